The molecule has 1 aliphatic carbocycles. The summed E-state index contributed by atoms with van der Waals surface area (Å²) < 4.78 is 6.41. The molecule has 0 saturated carbocycles. The van der Waals surface area contributed by atoms with Crippen molar-refractivity contribution in [3.63, 3.8) is 0 Å². The van der Waals surface area contributed by atoms with Gasteiger partial charge in [0.15, 0.2) is 5.58 Å². The van der Waals surface area contributed by atoms with Crippen molar-refractivity contribution < 1.29 is 4.42 Å². The van der Waals surface area contributed by atoms with E-state index in [1.807, 2.05) is 30.3 Å². The lowest BCUT2D eigenvalue weighted by molar-refractivity contribution is 0.620. The Morgan fingerprint density at radius 3 is 1.85 bits per heavy atom. The molecule has 1 aromatic heterocycles. The Labute approximate surface area is 309 Å². The van der Waals surface area contributed by atoms with Gasteiger partial charge in [0.1, 0.15) is 5.52 Å². The molecule has 0 unspecified atom stereocenters. The zero-order valence-electron chi connectivity index (χ0n) is 29.6. The molecule has 0 fully saturated rings. The van der Waals surface area contributed by atoms with Crippen molar-refractivity contribution in [2.24, 2.45) is 0 Å². The maximum Gasteiger partial charge on any atom is 0.227 e. The quantitative estimate of drug-likeness (QED) is 0.175. The summed E-state index contributed by atoms with van der Waals surface area (Å²) in [6.07, 6.45) is 0. The first-order valence-corrected chi connectivity index (χ1v) is 18.2. The number of fused-ring (bicyclic) bond motifs is 6. The molecule has 1 aliphatic rings. The van der Waals surface area contributed by atoms with Gasteiger partial charge in [-0.2, -0.15) is 0 Å². The highest BCUT2D eigenvalue weighted by molar-refractivity contribution is 6.11. The molecule has 10 rings (SSSR count). The van der Waals surface area contributed by atoms with Gasteiger partial charge in [-0.25, -0.2) is 4.98 Å². The maximum atomic E-state index is 6.41. The van der Waals surface area contributed by atoms with Crippen LogP contribution in [0.4, 0.5) is 17.1 Å². The topological polar surface area (TPSA) is 29.3 Å². The van der Waals surface area contributed by atoms with Crippen LogP contribution in [-0.2, 0) is 5.41 Å². The van der Waals surface area contributed by atoms with Crippen LogP contribution in [0.5, 0.6) is 0 Å². The molecule has 3 heteroatoms. The second kappa shape index (κ2) is 12.2. The molecule has 0 amide bonds. The number of anilines is 3. The predicted octanol–water partition coefficient (Wildman–Crippen LogP) is 13.8. The Bertz CT molecular complexity index is 2800. The maximum absolute atomic E-state index is 6.41. The monoisotopic (exact) mass is 680 g/mol. The number of aromatic nitrogens is 1. The summed E-state index contributed by atoms with van der Waals surface area (Å²) in [7, 11) is 0. The fraction of sp³-hybridized carbons (Fsp3) is 0.0600. The first kappa shape index (κ1) is 31.1. The van der Waals surface area contributed by atoms with Gasteiger partial charge in [-0.3, -0.25) is 0 Å². The standard InChI is InChI=1S/C50H36N2O/c1-50(2)45-23-12-11-21-41(45)44-31-39(28-29-46(44)50)52(38-19-13-18-36(30-38)33-14-5-3-6-15-33)37-26-24-34(25-27-37)43-32-47-48(42-22-10-9-20-40(42)43)51-49(53-47)35-16-7-4-8-17-35/h3-32H,1-2H3. The number of oxazole rings is 1. The van der Waals surface area contributed by atoms with Crippen molar-refractivity contribution >= 4 is 38.9 Å². The van der Waals surface area contributed by atoms with E-state index in [2.05, 4.69) is 170 Å². The molecule has 0 atom stereocenters. The van der Waals surface area contributed by atoms with Crippen LogP contribution in [0, 0.1) is 0 Å². The molecule has 0 aliphatic heterocycles. The van der Waals surface area contributed by atoms with Crippen LogP contribution in [-0.4, -0.2) is 4.98 Å². The van der Waals surface area contributed by atoms with E-state index in [0.717, 1.165) is 55.6 Å². The van der Waals surface area contributed by atoms with Crippen molar-refractivity contribution in [3.05, 3.63) is 193 Å². The van der Waals surface area contributed by atoms with Gasteiger partial charge in [0.05, 0.1) is 0 Å². The van der Waals surface area contributed by atoms with Crippen LogP contribution >= 0.6 is 0 Å². The summed E-state index contributed by atoms with van der Waals surface area (Å²) in [6, 6.07) is 65.0. The smallest absolute Gasteiger partial charge is 0.227 e. The van der Waals surface area contributed by atoms with Crippen molar-refractivity contribution in [1.82, 2.24) is 4.98 Å². The number of hydrogen-bond donors (Lipinski definition) is 0. The molecule has 0 N–H and O–H groups in total. The highest BCUT2D eigenvalue weighted by Crippen LogP contribution is 2.51. The molecule has 0 bridgehead atoms. The lowest BCUT2D eigenvalue weighted by atomic mass is 9.82. The molecule has 1 heterocycles. The van der Waals surface area contributed by atoms with Gasteiger partial charge in [-0.1, -0.05) is 141 Å². The zero-order valence-corrected chi connectivity index (χ0v) is 29.6. The minimum atomic E-state index is -0.0561. The van der Waals surface area contributed by atoms with Gasteiger partial charge in [-0.15, -0.1) is 0 Å². The van der Waals surface area contributed by atoms with Gasteiger partial charge in [0, 0.05) is 33.4 Å². The zero-order chi connectivity index (χ0) is 35.5. The largest absolute Gasteiger partial charge is 0.436 e. The molecular weight excluding hydrogens is 645 g/mol. The number of nitrogens with zero attached hydrogens (tertiary/aromatic N) is 2. The van der Waals surface area contributed by atoms with E-state index >= 15 is 0 Å². The molecule has 252 valence electrons. The van der Waals surface area contributed by atoms with E-state index in [4.69, 9.17) is 9.40 Å². The molecule has 0 saturated heterocycles. The van der Waals surface area contributed by atoms with Gasteiger partial charge in [0.25, 0.3) is 0 Å². The molecule has 3 nitrogen and oxygen atoms in total. The number of benzene rings is 8. The Morgan fingerprint density at radius 1 is 0.434 bits per heavy atom. The van der Waals surface area contributed by atoms with E-state index in [0.29, 0.717) is 5.89 Å². The number of rotatable bonds is 6. The molecule has 53 heavy (non-hydrogen) atoms. The summed E-state index contributed by atoms with van der Waals surface area (Å²) in [5.41, 5.74) is 15.8. The third-order valence-corrected chi connectivity index (χ3v) is 10.9. The fourth-order valence-electron chi connectivity index (χ4n) is 8.24. The third-order valence-electron chi connectivity index (χ3n) is 10.9. The molecule has 9 aromatic rings. The van der Waals surface area contributed by atoms with Crippen molar-refractivity contribution in [1.29, 1.82) is 0 Å². The van der Waals surface area contributed by atoms with Crippen LogP contribution in [0.25, 0.3) is 66.7 Å². The highest BCUT2D eigenvalue weighted by Gasteiger charge is 2.35. The van der Waals surface area contributed by atoms with Crippen LogP contribution in [0.1, 0.15) is 25.0 Å². The van der Waals surface area contributed by atoms with Crippen molar-refractivity contribution in [2.75, 3.05) is 4.90 Å². The summed E-state index contributed by atoms with van der Waals surface area (Å²) >= 11 is 0. The fourth-order valence-corrected chi connectivity index (χ4v) is 8.24. The van der Waals surface area contributed by atoms with Crippen LogP contribution in [0.15, 0.2) is 186 Å². The van der Waals surface area contributed by atoms with Crippen LogP contribution in [0.3, 0.4) is 0 Å². The SMILES string of the molecule is CC1(C)c2ccccc2-c2cc(N(c3ccc(-c4cc5oc(-c6ccccc6)nc5c5ccccc45)cc3)c3cccc(-c4ccccc4)c3)ccc21. The van der Waals surface area contributed by atoms with Gasteiger partial charge in [0.2, 0.25) is 5.89 Å². The minimum Gasteiger partial charge on any atom is -0.436 e. The van der Waals surface area contributed by atoms with E-state index in [9.17, 15) is 0 Å². The molecule has 0 radical (unpaired) electrons. The first-order chi connectivity index (χ1) is 26.0. The minimum absolute atomic E-state index is 0.0561. The second-order valence-electron chi connectivity index (χ2n) is 14.4. The summed E-state index contributed by atoms with van der Waals surface area (Å²) in [5, 5.41) is 2.23. The van der Waals surface area contributed by atoms with E-state index in [1.54, 1.807) is 0 Å². The van der Waals surface area contributed by atoms with Crippen molar-refractivity contribution in [2.45, 2.75) is 19.3 Å². The Balaban J connectivity index is 1.11. The van der Waals surface area contributed by atoms with E-state index < -0.39 is 0 Å². The van der Waals surface area contributed by atoms with Gasteiger partial charge in [-0.05, 0) is 104 Å². The Kier molecular flexibility index (Phi) is 7.16. The third kappa shape index (κ3) is 5.16. The van der Waals surface area contributed by atoms with Gasteiger partial charge >= 0.3 is 0 Å². The summed E-state index contributed by atoms with van der Waals surface area (Å²) in [6.45, 7) is 4.67. The summed E-state index contributed by atoms with van der Waals surface area (Å²) in [4.78, 5) is 7.34. The van der Waals surface area contributed by atoms with E-state index in [1.165, 1.54) is 33.4 Å². The van der Waals surface area contributed by atoms with Gasteiger partial charge < -0.3 is 9.32 Å². The average molecular weight is 681 g/mol. The lowest BCUT2D eigenvalue weighted by Gasteiger charge is -2.28. The molecule has 0 spiro atoms. The summed E-state index contributed by atoms with van der Waals surface area (Å²) in [5.74, 6) is 0.631. The lowest BCUT2D eigenvalue weighted by Crippen LogP contribution is -2.15. The van der Waals surface area contributed by atoms with Crippen molar-refractivity contribution in [3.8, 4) is 44.8 Å². The van der Waals surface area contributed by atoms with Crippen LogP contribution in [0.2, 0.25) is 0 Å². The molecular formula is C50H36N2O. The Hall–Kier alpha value is -6.71. The number of hydrogen-bond acceptors (Lipinski definition) is 3. The molecule has 8 aromatic carbocycles. The van der Waals surface area contributed by atoms with E-state index in [-0.39, 0.29) is 5.41 Å². The Morgan fingerprint density at radius 2 is 1.06 bits per heavy atom. The normalized spacial score (nSPS) is 12.9. The highest BCUT2D eigenvalue weighted by atomic mass is 16.3. The first-order valence-electron chi connectivity index (χ1n) is 18.2. The average Bonchev–Trinajstić information content (AvgIpc) is 3.75. The second-order valence-corrected chi connectivity index (χ2v) is 14.4. The van der Waals surface area contributed by atoms with Crippen LogP contribution < -0.4 is 4.90 Å². The predicted molar refractivity (Wildman–Crippen MR) is 220 cm³/mol.